The van der Waals surface area contributed by atoms with Crippen LogP contribution in [0.5, 0.6) is 0 Å². The highest BCUT2D eigenvalue weighted by molar-refractivity contribution is 5.97. The Morgan fingerprint density at radius 3 is 2.34 bits per heavy atom. The van der Waals surface area contributed by atoms with Crippen molar-refractivity contribution in [3.8, 4) is 0 Å². The van der Waals surface area contributed by atoms with Gasteiger partial charge in [-0.3, -0.25) is 0 Å². The molecule has 6 N–H and O–H groups in total. The Morgan fingerprint density at radius 1 is 0.931 bits per heavy atom. The molecule has 8 heteroatoms. The molecule has 3 saturated carbocycles. The van der Waals surface area contributed by atoms with Gasteiger partial charge in [0.1, 0.15) is 0 Å². The number of urea groups is 2. The average Bonchev–Trinajstić information content (AvgIpc) is 3.01. The molecule has 4 rings (SSSR count). The van der Waals surface area contributed by atoms with Crippen molar-refractivity contribution in [1.29, 1.82) is 0 Å². The molecule has 4 aliphatic rings. The standard InChI is InChI=1S/C21H32N6O2/c1-20-9-7-13(24-26-18(22)28)11-12(20)3-4-14-15-5-6-17(25-27-19(23)29)21(15,2)10-8-16(14)20/h11,14-16H,3-10H2,1-2H3,(H3,22,26,28)(H3,23,27,29)/b24-13-,25-17+/t14-,15-,16+,20+,21+/m1/s1. The van der Waals surface area contributed by atoms with Crippen molar-refractivity contribution < 1.29 is 9.59 Å². The van der Waals surface area contributed by atoms with E-state index in [0.29, 0.717) is 17.8 Å². The maximum absolute atomic E-state index is 11.1. The van der Waals surface area contributed by atoms with Crippen LogP contribution in [0.25, 0.3) is 0 Å². The number of primary amides is 2. The largest absolute Gasteiger partial charge is 0.350 e. The normalized spacial score (nSPS) is 41.2. The van der Waals surface area contributed by atoms with E-state index in [2.05, 4.69) is 41.0 Å². The van der Waals surface area contributed by atoms with Gasteiger partial charge in [-0.25, -0.2) is 20.4 Å². The predicted molar refractivity (Wildman–Crippen MR) is 112 cm³/mol. The second-order valence-electron chi connectivity index (χ2n) is 9.61. The highest BCUT2D eigenvalue weighted by atomic mass is 16.2. The topological polar surface area (TPSA) is 135 Å². The quantitative estimate of drug-likeness (QED) is 0.530. The summed E-state index contributed by atoms with van der Waals surface area (Å²) < 4.78 is 0. The fourth-order valence-electron chi connectivity index (χ4n) is 6.88. The summed E-state index contributed by atoms with van der Waals surface area (Å²) in [7, 11) is 0. The van der Waals surface area contributed by atoms with Gasteiger partial charge in [0.2, 0.25) is 0 Å². The number of nitrogens with one attached hydrogen (secondary N) is 2. The summed E-state index contributed by atoms with van der Waals surface area (Å²) in [5, 5.41) is 8.55. The molecule has 0 spiro atoms. The van der Waals surface area contributed by atoms with Crippen molar-refractivity contribution in [2.45, 2.75) is 65.2 Å². The number of carbonyl (C=O) groups excluding carboxylic acids is 2. The van der Waals surface area contributed by atoms with Crippen LogP contribution in [0.4, 0.5) is 9.59 Å². The highest BCUT2D eigenvalue weighted by Gasteiger charge is 2.58. The minimum atomic E-state index is -0.621. The van der Waals surface area contributed by atoms with Crippen LogP contribution < -0.4 is 22.3 Å². The predicted octanol–water partition coefficient (Wildman–Crippen LogP) is 3.00. The lowest BCUT2D eigenvalue weighted by atomic mass is 9.47. The SMILES string of the molecule is C[C@]12CC/C(=N/NC(N)=O)C=C1CC[C@@H]1[C@H]3CC/C(=N\NC(N)=O)[C@@]3(C)CC[C@@H]12. The number of carbonyl (C=O) groups is 2. The number of fused-ring (bicyclic) bond motifs is 5. The molecule has 0 heterocycles. The van der Waals surface area contributed by atoms with Gasteiger partial charge in [-0.2, -0.15) is 10.2 Å². The van der Waals surface area contributed by atoms with E-state index in [9.17, 15) is 9.59 Å². The van der Waals surface area contributed by atoms with Crippen LogP contribution in [-0.4, -0.2) is 23.5 Å². The van der Waals surface area contributed by atoms with E-state index in [-0.39, 0.29) is 10.8 Å². The number of nitrogens with zero attached hydrogens (tertiary/aromatic N) is 2. The van der Waals surface area contributed by atoms with Gasteiger partial charge in [-0.05, 0) is 80.6 Å². The average molecular weight is 401 g/mol. The van der Waals surface area contributed by atoms with Gasteiger partial charge >= 0.3 is 12.1 Å². The van der Waals surface area contributed by atoms with Crippen LogP contribution in [0.2, 0.25) is 0 Å². The van der Waals surface area contributed by atoms with Crippen molar-refractivity contribution in [3.05, 3.63) is 11.6 Å². The molecular weight excluding hydrogens is 368 g/mol. The summed E-state index contributed by atoms with van der Waals surface area (Å²) >= 11 is 0. The molecule has 0 aromatic carbocycles. The highest BCUT2D eigenvalue weighted by Crippen LogP contribution is 2.64. The maximum Gasteiger partial charge on any atom is 0.332 e. The Morgan fingerprint density at radius 2 is 1.62 bits per heavy atom. The third kappa shape index (κ3) is 3.32. The lowest BCUT2D eigenvalue weighted by Crippen LogP contribution is -2.50. The molecular formula is C21H32N6O2. The van der Waals surface area contributed by atoms with Gasteiger partial charge < -0.3 is 11.5 Å². The first-order chi connectivity index (χ1) is 13.7. The van der Waals surface area contributed by atoms with Crippen molar-refractivity contribution in [2.24, 2.45) is 50.3 Å². The third-order valence-electron chi connectivity index (χ3n) is 8.33. The van der Waals surface area contributed by atoms with Crippen molar-refractivity contribution >= 4 is 23.5 Å². The van der Waals surface area contributed by atoms with Gasteiger partial charge in [0.05, 0.1) is 5.71 Å². The number of amides is 4. The molecule has 5 atom stereocenters. The fourth-order valence-corrected chi connectivity index (χ4v) is 6.88. The van der Waals surface area contributed by atoms with Crippen LogP contribution in [-0.2, 0) is 0 Å². The molecule has 0 saturated heterocycles. The van der Waals surface area contributed by atoms with Gasteiger partial charge in [0.15, 0.2) is 0 Å². The zero-order valence-corrected chi connectivity index (χ0v) is 17.3. The number of hydrogen-bond acceptors (Lipinski definition) is 4. The summed E-state index contributed by atoms with van der Waals surface area (Å²) in [4.78, 5) is 22.1. The first kappa shape index (κ1) is 19.9. The van der Waals surface area contributed by atoms with Crippen molar-refractivity contribution in [3.63, 3.8) is 0 Å². The number of hydrogen-bond donors (Lipinski definition) is 4. The Labute approximate surface area is 171 Å². The Balaban J connectivity index is 1.57. The van der Waals surface area contributed by atoms with Crippen LogP contribution in [0.3, 0.4) is 0 Å². The first-order valence-corrected chi connectivity index (χ1v) is 10.7. The van der Waals surface area contributed by atoms with Gasteiger partial charge in [0, 0.05) is 11.1 Å². The molecule has 158 valence electrons. The molecule has 0 bridgehead atoms. The Bertz CT molecular complexity index is 818. The summed E-state index contributed by atoms with van der Waals surface area (Å²) in [6.07, 6.45) is 10.7. The maximum atomic E-state index is 11.1. The number of rotatable bonds is 2. The molecule has 4 aliphatic carbocycles. The lowest BCUT2D eigenvalue weighted by molar-refractivity contribution is -0.0155. The first-order valence-electron chi connectivity index (χ1n) is 10.7. The van der Waals surface area contributed by atoms with E-state index in [4.69, 9.17) is 11.5 Å². The minimum Gasteiger partial charge on any atom is -0.350 e. The van der Waals surface area contributed by atoms with E-state index in [0.717, 1.165) is 49.9 Å². The molecule has 0 aromatic rings. The Hall–Kier alpha value is -2.38. The molecule has 0 aromatic heterocycles. The monoisotopic (exact) mass is 400 g/mol. The lowest BCUT2D eigenvalue weighted by Gasteiger charge is -2.57. The molecule has 0 aliphatic heterocycles. The van der Waals surface area contributed by atoms with Crippen molar-refractivity contribution in [1.82, 2.24) is 10.9 Å². The van der Waals surface area contributed by atoms with Gasteiger partial charge in [0.25, 0.3) is 0 Å². The van der Waals surface area contributed by atoms with E-state index in [1.807, 2.05) is 0 Å². The second-order valence-corrected chi connectivity index (χ2v) is 9.61. The van der Waals surface area contributed by atoms with Crippen LogP contribution >= 0.6 is 0 Å². The molecule has 0 unspecified atom stereocenters. The van der Waals surface area contributed by atoms with Crippen LogP contribution in [0.1, 0.15) is 65.2 Å². The summed E-state index contributed by atoms with van der Waals surface area (Å²) in [5.41, 5.74) is 19.0. The summed E-state index contributed by atoms with van der Waals surface area (Å²) in [6, 6.07) is -1.22. The summed E-state index contributed by atoms with van der Waals surface area (Å²) in [5.74, 6) is 1.95. The molecule has 29 heavy (non-hydrogen) atoms. The van der Waals surface area contributed by atoms with Gasteiger partial charge in [-0.1, -0.05) is 19.4 Å². The molecule has 8 nitrogen and oxygen atoms in total. The van der Waals surface area contributed by atoms with Crippen LogP contribution in [0.15, 0.2) is 21.9 Å². The number of allylic oxidation sites excluding steroid dienone is 2. The van der Waals surface area contributed by atoms with E-state index in [1.165, 1.54) is 18.4 Å². The number of hydrazone groups is 2. The van der Waals surface area contributed by atoms with E-state index >= 15 is 0 Å². The zero-order chi connectivity index (χ0) is 20.8. The van der Waals surface area contributed by atoms with Crippen molar-refractivity contribution in [2.75, 3.05) is 0 Å². The zero-order valence-electron chi connectivity index (χ0n) is 17.3. The van der Waals surface area contributed by atoms with E-state index in [1.54, 1.807) is 0 Å². The fraction of sp³-hybridized carbons (Fsp3) is 0.714. The third-order valence-corrected chi connectivity index (χ3v) is 8.33. The smallest absolute Gasteiger partial charge is 0.332 e. The minimum absolute atomic E-state index is 0.0634. The number of nitrogens with two attached hydrogens (primary N) is 2. The molecule has 4 amide bonds. The molecule has 0 radical (unpaired) electrons. The molecule has 3 fully saturated rings. The summed E-state index contributed by atoms with van der Waals surface area (Å²) in [6.45, 7) is 4.76. The second kappa shape index (κ2) is 7.15. The Kier molecular flexibility index (Phi) is 4.91. The van der Waals surface area contributed by atoms with E-state index < -0.39 is 12.1 Å². The van der Waals surface area contributed by atoms with Crippen LogP contribution in [0, 0.1) is 28.6 Å². The van der Waals surface area contributed by atoms with Gasteiger partial charge in [-0.15, -0.1) is 0 Å².